The molecule has 9 fully saturated rings. The maximum atomic E-state index is 11.9. The van der Waals surface area contributed by atoms with Gasteiger partial charge in [-0.15, -0.1) is 32.1 Å². The second-order valence-electron chi connectivity index (χ2n) is 16.5. The summed E-state index contributed by atoms with van der Waals surface area (Å²) in [5.41, 5.74) is 2.38. The van der Waals surface area contributed by atoms with Gasteiger partial charge in [-0.2, -0.15) is 6.42 Å². The number of alkyl halides is 1. The number of hydrogen-bond donors (Lipinski definition) is 1. The Morgan fingerprint density at radius 1 is 0.824 bits per heavy atom. The first kappa shape index (κ1) is 52.4. The average Bonchev–Trinajstić information content (AvgIpc) is 3.07. The van der Waals surface area contributed by atoms with Crippen molar-refractivity contribution in [2.24, 2.45) is 74.6 Å². The van der Waals surface area contributed by atoms with E-state index in [0.717, 1.165) is 68.0 Å². The number of ketones is 2. The van der Waals surface area contributed by atoms with Crippen LogP contribution in [-0.2, 0) is 19.3 Å². The molecule has 0 aromatic heterocycles. The Bertz CT molecular complexity index is 1110. The molecule has 9 heteroatoms. The van der Waals surface area contributed by atoms with E-state index in [2.05, 4.69) is 107 Å². The Balaban J connectivity index is 0. The standard InChI is InChI=1S/C13H21NO.C12H18O.C9H14O.C4H9.C3H5Br.CH5NO.ClH.Li/c1-5-6-9-7-10-8-11(13(10,2)3)12(9)14-15-4;1-4-5-8-6-9-7-10(11(8)13)12(9,2)3;1-9(2)6-3-4-8(10)7(9)5-6;1-3-4-2;1-2-3-4;1-3-2;;/h5,9-11H,1,6-8H2,2-4H3;4,8-10H,1,5-7H2,2-3H3;6-7H,3-5H2,1-2H3;1,3-4H2,2H3;2H,1,3H2;2H2,1H3;1H;/q;;;-1;;;;+1/t9?,10-,11-;8?,9-,10-;6-,7-;;;;;/m000...../s1. The van der Waals surface area contributed by atoms with Crippen LogP contribution in [0.1, 0.15) is 119 Å². The number of Topliss-reactive ketones (excluding diaryl/α,β-unsaturated/α-hetero) is 2. The number of halogens is 2. The third kappa shape index (κ3) is 13.2. The summed E-state index contributed by atoms with van der Waals surface area (Å²) in [6, 6.07) is 0. The number of oxime groups is 1. The molecule has 6 bridgehead atoms. The fourth-order valence-corrected chi connectivity index (χ4v) is 8.93. The van der Waals surface area contributed by atoms with Crippen molar-refractivity contribution in [3.63, 3.8) is 0 Å². The largest absolute Gasteiger partial charge is 1.00 e. The second-order valence-corrected chi connectivity index (χ2v) is 17.1. The number of unbranched alkanes of at least 4 members (excludes halogenated alkanes) is 1. The molecule has 9 saturated carbocycles. The molecule has 6 nitrogen and oxygen atoms in total. The number of hydrogen-bond acceptors (Lipinski definition) is 6. The van der Waals surface area contributed by atoms with Gasteiger partial charge in [0.25, 0.3) is 0 Å². The van der Waals surface area contributed by atoms with E-state index in [1.54, 1.807) is 13.2 Å². The summed E-state index contributed by atoms with van der Waals surface area (Å²) in [4.78, 5) is 31.9. The predicted octanol–water partition coefficient (Wildman–Crippen LogP) is 8.19. The summed E-state index contributed by atoms with van der Waals surface area (Å²) in [5, 5.41) is 5.16. The zero-order valence-corrected chi connectivity index (χ0v) is 36.5. The minimum Gasteiger partial charge on any atom is -0.399 e. The van der Waals surface area contributed by atoms with Crippen molar-refractivity contribution in [2.45, 2.75) is 119 Å². The third-order valence-electron chi connectivity index (χ3n) is 12.8. The van der Waals surface area contributed by atoms with Gasteiger partial charge in [0.05, 0.1) is 12.8 Å². The number of carbonyl (C=O) groups excluding carboxylic acids is 2. The minimum atomic E-state index is 0. The molecule has 2 N–H and O–H groups in total. The monoisotopic (exact) mass is 790 g/mol. The van der Waals surface area contributed by atoms with Gasteiger partial charge in [-0.25, -0.2) is 5.90 Å². The summed E-state index contributed by atoms with van der Waals surface area (Å²) in [7, 11) is 3.05. The van der Waals surface area contributed by atoms with Crippen molar-refractivity contribution in [3.05, 3.63) is 44.9 Å². The zero-order valence-electron chi connectivity index (χ0n) is 34.1. The summed E-state index contributed by atoms with van der Waals surface area (Å²) in [5.74, 6) is 10.2. The maximum absolute atomic E-state index is 11.9. The van der Waals surface area contributed by atoms with Gasteiger partial charge in [-0.05, 0) is 85.4 Å². The Morgan fingerprint density at radius 3 is 1.55 bits per heavy atom. The SMILES string of the molecule is C=CCBr.C=CCC1C[C@H]2C[C@@H](C1=NOC)C2(C)C.C=CCC1C[C@H]2C[C@@H](C1=O)C2(C)C.CC1(C)[C@H]2CCC(=O)[C@@H]1C2.CON.Cl.[CH2-]CCC.[Li+]. The Kier molecular flexibility index (Phi) is 25.4. The predicted molar refractivity (Wildman–Crippen MR) is 218 cm³/mol. The molecule has 0 aromatic rings. The number of nitrogens with two attached hydrogens (primary N) is 1. The molecular weight excluding hydrogens is 719 g/mol. The average molecular weight is 792 g/mol. The van der Waals surface area contributed by atoms with Gasteiger partial charge < -0.3 is 16.6 Å². The van der Waals surface area contributed by atoms with Crippen LogP contribution in [0.5, 0.6) is 0 Å². The molecule has 0 radical (unpaired) electrons. The van der Waals surface area contributed by atoms with Crippen LogP contribution in [0.4, 0.5) is 0 Å². The van der Waals surface area contributed by atoms with Crippen molar-refractivity contribution in [3.8, 4) is 0 Å². The molecule has 51 heavy (non-hydrogen) atoms. The van der Waals surface area contributed by atoms with Crippen LogP contribution in [-0.4, -0.2) is 36.8 Å². The van der Waals surface area contributed by atoms with Crippen LogP contribution in [0.15, 0.2) is 43.1 Å². The molecule has 290 valence electrons. The molecule has 9 aliphatic carbocycles. The molecule has 0 aliphatic heterocycles. The van der Waals surface area contributed by atoms with Crippen LogP contribution in [0.25, 0.3) is 0 Å². The molecule has 0 heterocycles. The third-order valence-corrected chi connectivity index (χ3v) is 13.2. The number of fused-ring (bicyclic) bond motifs is 6. The molecular formula is C42H73BrClLiN2O4. The Labute approximate surface area is 340 Å². The van der Waals surface area contributed by atoms with E-state index in [4.69, 9.17) is 4.84 Å². The molecule has 2 unspecified atom stereocenters. The van der Waals surface area contributed by atoms with Gasteiger partial charge in [0.1, 0.15) is 18.7 Å². The Hall–Kier alpha value is -0.683. The molecule has 8 atom stereocenters. The smallest absolute Gasteiger partial charge is 0.399 e. The van der Waals surface area contributed by atoms with Crippen molar-refractivity contribution < 1.29 is 38.1 Å². The molecule has 0 aromatic carbocycles. The van der Waals surface area contributed by atoms with Crippen LogP contribution in [0.3, 0.4) is 0 Å². The van der Waals surface area contributed by atoms with E-state index in [1.807, 2.05) is 12.2 Å². The van der Waals surface area contributed by atoms with E-state index in [9.17, 15) is 9.59 Å². The molecule has 9 aliphatic rings. The van der Waals surface area contributed by atoms with Crippen LogP contribution in [0.2, 0.25) is 0 Å². The summed E-state index contributed by atoms with van der Waals surface area (Å²) in [6.07, 6.45) is 17.9. The second kappa shape index (κ2) is 24.7. The molecule has 0 amide bonds. The van der Waals surface area contributed by atoms with Crippen LogP contribution in [0, 0.1) is 70.5 Å². The van der Waals surface area contributed by atoms with Crippen LogP contribution < -0.4 is 24.8 Å². The molecule has 0 saturated heterocycles. The first-order valence-corrected chi connectivity index (χ1v) is 19.7. The van der Waals surface area contributed by atoms with E-state index in [0.29, 0.717) is 57.4 Å². The number of carbonyl (C=O) groups is 2. The fraction of sp³-hybridized carbons (Fsp3) is 0.762. The van der Waals surface area contributed by atoms with Crippen molar-refractivity contribution in [1.82, 2.24) is 0 Å². The minimum absolute atomic E-state index is 0. The number of nitrogens with zero attached hydrogens (tertiary/aromatic N) is 1. The summed E-state index contributed by atoms with van der Waals surface area (Å²) < 4.78 is 0. The molecule has 0 spiro atoms. The van der Waals surface area contributed by atoms with Gasteiger partial charge in [-0.3, -0.25) is 9.59 Å². The van der Waals surface area contributed by atoms with Gasteiger partial charge in [0, 0.05) is 41.3 Å². The zero-order chi connectivity index (χ0) is 37.6. The van der Waals surface area contributed by atoms with Gasteiger partial charge in [0.2, 0.25) is 0 Å². The Morgan fingerprint density at radius 2 is 1.24 bits per heavy atom. The fourth-order valence-electron chi connectivity index (χ4n) is 8.93. The van der Waals surface area contributed by atoms with Gasteiger partial charge in [0.15, 0.2) is 0 Å². The van der Waals surface area contributed by atoms with Crippen LogP contribution >= 0.6 is 28.3 Å². The summed E-state index contributed by atoms with van der Waals surface area (Å²) in [6.45, 7) is 30.4. The normalized spacial score (nSPS) is 32.0. The van der Waals surface area contributed by atoms with Crippen molar-refractivity contribution in [1.29, 1.82) is 0 Å². The van der Waals surface area contributed by atoms with Gasteiger partial charge >= 0.3 is 18.9 Å². The van der Waals surface area contributed by atoms with E-state index < -0.39 is 0 Å². The first-order chi connectivity index (χ1) is 23.0. The van der Waals surface area contributed by atoms with Gasteiger partial charge in [-0.1, -0.05) is 94.2 Å². The quantitative estimate of drug-likeness (QED) is 0.0924. The maximum Gasteiger partial charge on any atom is 1.00 e. The number of rotatable bonds is 7. The van der Waals surface area contributed by atoms with Crippen molar-refractivity contribution in [2.75, 3.05) is 19.5 Å². The van der Waals surface area contributed by atoms with Crippen molar-refractivity contribution >= 4 is 45.6 Å². The topological polar surface area (TPSA) is 91.0 Å². The van der Waals surface area contributed by atoms with E-state index >= 15 is 0 Å². The number of allylic oxidation sites excluding steroid dienone is 3. The van der Waals surface area contributed by atoms with E-state index in [1.165, 1.54) is 38.5 Å². The molecule has 9 rings (SSSR count). The van der Waals surface area contributed by atoms with E-state index in [-0.39, 0.29) is 31.3 Å². The summed E-state index contributed by atoms with van der Waals surface area (Å²) >= 11 is 3.13. The first-order valence-electron chi connectivity index (χ1n) is 18.6.